The summed E-state index contributed by atoms with van der Waals surface area (Å²) in [5.41, 5.74) is 1.19. The molecular weight excluding hydrogens is 258 g/mol. The SMILES string of the molecule is C#CCOc1ccccc1CNCC1CCC(CC)CC1. The Morgan fingerprint density at radius 3 is 2.62 bits per heavy atom. The van der Waals surface area contributed by atoms with Crippen LogP contribution < -0.4 is 10.1 Å². The molecule has 0 amide bonds. The second-order valence-corrected chi connectivity index (χ2v) is 6.03. The first-order valence-electron chi connectivity index (χ1n) is 8.18. The van der Waals surface area contributed by atoms with E-state index in [1.807, 2.05) is 18.2 Å². The molecule has 0 heterocycles. The van der Waals surface area contributed by atoms with Crippen LogP contribution in [0.5, 0.6) is 5.75 Å². The largest absolute Gasteiger partial charge is 0.481 e. The molecule has 0 radical (unpaired) electrons. The van der Waals surface area contributed by atoms with Crippen molar-refractivity contribution in [1.29, 1.82) is 0 Å². The maximum Gasteiger partial charge on any atom is 0.148 e. The third-order valence-electron chi connectivity index (χ3n) is 4.58. The number of hydrogen-bond donors (Lipinski definition) is 1. The fourth-order valence-corrected chi connectivity index (χ4v) is 3.16. The first-order chi connectivity index (χ1) is 10.3. The van der Waals surface area contributed by atoms with E-state index in [0.717, 1.165) is 30.7 Å². The molecule has 0 aromatic heterocycles. The predicted octanol–water partition coefficient (Wildman–Crippen LogP) is 4.00. The van der Waals surface area contributed by atoms with Crippen molar-refractivity contribution >= 4 is 0 Å². The summed E-state index contributed by atoms with van der Waals surface area (Å²) in [4.78, 5) is 0. The molecule has 1 aliphatic rings. The predicted molar refractivity (Wildman–Crippen MR) is 88.2 cm³/mol. The zero-order chi connectivity index (χ0) is 14.9. The van der Waals surface area contributed by atoms with Crippen molar-refractivity contribution in [2.45, 2.75) is 45.6 Å². The standard InChI is InChI=1S/C19H27NO/c1-3-13-21-19-8-6-5-7-18(19)15-20-14-17-11-9-16(4-2)10-12-17/h1,5-8,16-17,20H,4,9-15H2,2H3. The second-order valence-electron chi connectivity index (χ2n) is 6.03. The fraction of sp³-hybridized carbons (Fsp3) is 0.579. The van der Waals surface area contributed by atoms with Gasteiger partial charge < -0.3 is 10.1 Å². The number of terminal acetylenes is 1. The number of ether oxygens (including phenoxy) is 1. The van der Waals surface area contributed by atoms with Crippen LogP contribution >= 0.6 is 0 Å². The van der Waals surface area contributed by atoms with E-state index < -0.39 is 0 Å². The fourth-order valence-electron chi connectivity index (χ4n) is 3.16. The Morgan fingerprint density at radius 1 is 1.19 bits per heavy atom. The molecular formula is C19H27NO. The zero-order valence-electron chi connectivity index (χ0n) is 13.1. The van der Waals surface area contributed by atoms with Gasteiger partial charge in [0.15, 0.2) is 0 Å². The third kappa shape index (κ3) is 5.10. The van der Waals surface area contributed by atoms with Crippen LogP contribution in [0.3, 0.4) is 0 Å². The number of para-hydroxylation sites is 1. The Morgan fingerprint density at radius 2 is 1.90 bits per heavy atom. The molecule has 21 heavy (non-hydrogen) atoms. The highest BCUT2D eigenvalue weighted by Crippen LogP contribution is 2.30. The lowest BCUT2D eigenvalue weighted by molar-refractivity contribution is 0.262. The summed E-state index contributed by atoms with van der Waals surface area (Å²) >= 11 is 0. The monoisotopic (exact) mass is 285 g/mol. The van der Waals surface area contributed by atoms with Gasteiger partial charge in [0.2, 0.25) is 0 Å². The van der Waals surface area contributed by atoms with Crippen LogP contribution in [0, 0.1) is 24.2 Å². The molecule has 0 spiro atoms. The Labute approximate surface area is 129 Å². The van der Waals surface area contributed by atoms with Crippen LogP contribution in [0.2, 0.25) is 0 Å². The average molecular weight is 285 g/mol. The van der Waals surface area contributed by atoms with Crippen LogP contribution in [0.25, 0.3) is 0 Å². The highest BCUT2D eigenvalue weighted by Gasteiger charge is 2.19. The molecule has 2 heteroatoms. The maximum absolute atomic E-state index is 5.58. The van der Waals surface area contributed by atoms with E-state index in [4.69, 9.17) is 11.2 Å². The molecule has 1 N–H and O–H groups in total. The minimum absolute atomic E-state index is 0.331. The summed E-state index contributed by atoms with van der Waals surface area (Å²) in [5, 5.41) is 3.59. The number of benzene rings is 1. The molecule has 0 saturated heterocycles. The van der Waals surface area contributed by atoms with Crippen molar-refractivity contribution in [3.05, 3.63) is 29.8 Å². The summed E-state index contributed by atoms with van der Waals surface area (Å²) in [6, 6.07) is 8.13. The van der Waals surface area contributed by atoms with Gasteiger partial charge in [-0.3, -0.25) is 0 Å². The Bertz CT molecular complexity index is 455. The average Bonchev–Trinajstić information content (AvgIpc) is 2.54. The van der Waals surface area contributed by atoms with Crippen molar-refractivity contribution in [3.8, 4) is 18.1 Å². The van der Waals surface area contributed by atoms with E-state index >= 15 is 0 Å². The minimum atomic E-state index is 0.331. The Hall–Kier alpha value is -1.46. The molecule has 1 aliphatic carbocycles. The lowest BCUT2D eigenvalue weighted by Gasteiger charge is -2.28. The van der Waals surface area contributed by atoms with Gasteiger partial charge in [-0.05, 0) is 37.3 Å². The first kappa shape index (κ1) is 15.9. The van der Waals surface area contributed by atoms with Crippen LogP contribution in [-0.2, 0) is 6.54 Å². The van der Waals surface area contributed by atoms with E-state index in [0.29, 0.717) is 6.61 Å². The molecule has 1 fully saturated rings. The van der Waals surface area contributed by atoms with Crippen LogP contribution in [0.1, 0.15) is 44.6 Å². The highest BCUT2D eigenvalue weighted by molar-refractivity contribution is 5.33. The van der Waals surface area contributed by atoms with Crippen LogP contribution in [0.15, 0.2) is 24.3 Å². The van der Waals surface area contributed by atoms with E-state index in [9.17, 15) is 0 Å². The number of hydrogen-bond acceptors (Lipinski definition) is 2. The summed E-state index contributed by atoms with van der Waals surface area (Å²) in [6.07, 6.45) is 12.2. The first-order valence-corrected chi connectivity index (χ1v) is 8.18. The van der Waals surface area contributed by atoms with E-state index in [2.05, 4.69) is 24.2 Å². The minimum Gasteiger partial charge on any atom is -0.481 e. The molecule has 0 atom stereocenters. The maximum atomic E-state index is 5.58. The molecule has 1 aromatic rings. The normalized spacial score (nSPS) is 21.7. The summed E-state index contributed by atoms with van der Waals surface area (Å²) < 4.78 is 5.58. The van der Waals surface area contributed by atoms with Crippen LogP contribution in [0.4, 0.5) is 0 Å². The molecule has 0 unspecified atom stereocenters. The zero-order valence-corrected chi connectivity index (χ0v) is 13.1. The van der Waals surface area contributed by atoms with Crippen molar-refractivity contribution in [2.24, 2.45) is 11.8 Å². The lowest BCUT2D eigenvalue weighted by Crippen LogP contribution is -2.26. The van der Waals surface area contributed by atoms with Gasteiger partial charge in [0.25, 0.3) is 0 Å². The summed E-state index contributed by atoms with van der Waals surface area (Å²) in [5.74, 6) is 5.23. The van der Waals surface area contributed by atoms with Gasteiger partial charge >= 0.3 is 0 Å². The van der Waals surface area contributed by atoms with Gasteiger partial charge in [-0.25, -0.2) is 0 Å². The number of rotatable bonds is 7. The van der Waals surface area contributed by atoms with Crippen molar-refractivity contribution in [3.63, 3.8) is 0 Å². The molecule has 114 valence electrons. The van der Waals surface area contributed by atoms with E-state index in [1.165, 1.54) is 37.7 Å². The molecule has 1 aromatic carbocycles. The van der Waals surface area contributed by atoms with Gasteiger partial charge in [-0.15, -0.1) is 6.42 Å². The van der Waals surface area contributed by atoms with E-state index in [1.54, 1.807) is 0 Å². The van der Waals surface area contributed by atoms with Gasteiger partial charge in [0.1, 0.15) is 12.4 Å². The highest BCUT2D eigenvalue weighted by atomic mass is 16.5. The quantitative estimate of drug-likeness (QED) is 0.764. The summed E-state index contributed by atoms with van der Waals surface area (Å²) in [6.45, 7) is 4.61. The van der Waals surface area contributed by atoms with Gasteiger partial charge in [-0.2, -0.15) is 0 Å². The smallest absolute Gasteiger partial charge is 0.148 e. The number of nitrogens with one attached hydrogen (secondary N) is 1. The summed E-state index contributed by atoms with van der Waals surface area (Å²) in [7, 11) is 0. The Kier molecular flexibility index (Phi) is 6.63. The van der Waals surface area contributed by atoms with Gasteiger partial charge in [0.05, 0.1) is 0 Å². The molecule has 1 saturated carbocycles. The van der Waals surface area contributed by atoms with Crippen molar-refractivity contribution in [2.75, 3.05) is 13.2 Å². The van der Waals surface area contributed by atoms with Gasteiger partial charge in [0, 0.05) is 12.1 Å². The third-order valence-corrected chi connectivity index (χ3v) is 4.58. The molecule has 0 aliphatic heterocycles. The van der Waals surface area contributed by atoms with Crippen molar-refractivity contribution < 1.29 is 4.74 Å². The van der Waals surface area contributed by atoms with Crippen molar-refractivity contribution in [1.82, 2.24) is 5.32 Å². The van der Waals surface area contributed by atoms with Crippen LogP contribution in [-0.4, -0.2) is 13.2 Å². The molecule has 2 nitrogen and oxygen atoms in total. The van der Waals surface area contributed by atoms with Gasteiger partial charge in [-0.1, -0.05) is 50.3 Å². The molecule has 2 rings (SSSR count). The Balaban J connectivity index is 1.75. The lowest BCUT2D eigenvalue weighted by atomic mass is 9.81. The van der Waals surface area contributed by atoms with E-state index in [-0.39, 0.29) is 0 Å². The topological polar surface area (TPSA) is 21.3 Å². The second kappa shape index (κ2) is 8.74. The molecule has 0 bridgehead atoms.